The van der Waals surface area contributed by atoms with Crippen LogP contribution in [0.1, 0.15) is 35.0 Å². The number of thiazole rings is 1. The maximum absolute atomic E-state index is 5.53. The van der Waals surface area contributed by atoms with Crippen LogP contribution in [-0.2, 0) is 13.1 Å². The fraction of sp³-hybridized carbons (Fsp3) is 0.444. The molecule has 0 saturated heterocycles. The lowest BCUT2D eigenvalue weighted by atomic mass is 10.2. The molecule has 2 aromatic rings. The highest BCUT2D eigenvalue weighted by molar-refractivity contribution is 7.11. The maximum Gasteiger partial charge on any atom is 0.191 e. The molecule has 1 aromatic heterocycles. The van der Waals surface area contributed by atoms with Crippen LogP contribution >= 0.6 is 11.3 Å². The Morgan fingerprint density at radius 1 is 1.25 bits per heavy atom. The van der Waals surface area contributed by atoms with Gasteiger partial charge in [0.05, 0.1) is 25.4 Å². The van der Waals surface area contributed by atoms with Gasteiger partial charge in [0, 0.05) is 11.4 Å². The number of aromatic nitrogens is 1. The highest BCUT2D eigenvalue weighted by Gasteiger charge is 2.05. The first-order valence-electron chi connectivity index (χ1n) is 8.29. The number of ether oxygens (including phenoxy) is 1. The van der Waals surface area contributed by atoms with Crippen molar-refractivity contribution in [1.82, 2.24) is 15.6 Å². The first-order chi connectivity index (χ1) is 11.6. The van der Waals surface area contributed by atoms with Crippen molar-refractivity contribution >= 4 is 17.3 Å². The normalized spacial score (nSPS) is 11.4. The quantitative estimate of drug-likeness (QED) is 0.596. The van der Waals surface area contributed by atoms with Crippen LogP contribution in [-0.4, -0.2) is 24.1 Å². The number of nitrogens with one attached hydrogen (secondary N) is 2. The molecule has 0 aliphatic rings. The molecule has 0 unspecified atom stereocenters. The molecular weight excluding hydrogens is 320 g/mol. The fourth-order valence-electron chi connectivity index (χ4n) is 2.19. The monoisotopic (exact) mass is 346 g/mol. The average molecular weight is 347 g/mol. The molecule has 0 aliphatic carbocycles. The van der Waals surface area contributed by atoms with E-state index in [2.05, 4.69) is 40.5 Å². The molecule has 0 bridgehead atoms. The number of guanidine groups is 1. The molecule has 2 N–H and O–H groups in total. The summed E-state index contributed by atoms with van der Waals surface area (Å²) in [6.45, 7) is 11.0. The summed E-state index contributed by atoms with van der Waals surface area (Å²) < 4.78 is 5.53. The maximum atomic E-state index is 5.53. The van der Waals surface area contributed by atoms with E-state index >= 15 is 0 Å². The second kappa shape index (κ2) is 9.27. The van der Waals surface area contributed by atoms with Gasteiger partial charge in [-0.05, 0) is 45.4 Å². The average Bonchev–Trinajstić information content (AvgIpc) is 2.89. The van der Waals surface area contributed by atoms with Crippen molar-refractivity contribution in [3.05, 3.63) is 45.4 Å². The molecule has 24 heavy (non-hydrogen) atoms. The Hall–Kier alpha value is -2.08. The molecule has 1 heterocycles. The lowest BCUT2D eigenvalue weighted by molar-refractivity contribution is 0.340. The molecular formula is C18H26N4OS. The van der Waals surface area contributed by atoms with Crippen molar-refractivity contribution in [2.24, 2.45) is 4.99 Å². The number of hydrogen-bond acceptors (Lipinski definition) is 4. The van der Waals surface area contributed by atoms with Gasteiger partial charge in [0.2, 0.25) is 0 Å². The van der Waals surface area contributed by atoms with Gasteiger partial charge in [0.1, 0.15) is 10.8 Å². The van der Waals surface area contributed by atoms with Crippen LogP contribution in [0.5, 0.6) is 5.75 Å². The third-order valence-corrected chi connectivity index (χ3v) is 4.53. The van der Waals surface area contributed by atoms with Crippen molar-refractivity contribution in [3.8, 4) is 5.75 Å². The Morgan fingerprint density at radius 2 is 2.08 bits per heavy atom. The van der Waals surface area contributed by atoms with Crippen LogP contribution in [0.3, 0.4) is 0 Å². The number of aryl methyl sites for hydroxylation is 2. The molecule has 6 heteroatoms. The van der Waals surface area contributed by atoms with E-state index in [0.29, 0.717) is 19.7 Å². The van der Waals surface area contributed by atoms with Crippen LogP contribution in [0.15, 0.2) is 29.3 Å². The zero-order valence-corrected chi connectivity index (χ0v) is 15.7. The van der Waals surface area contributed by atoms with E-state index < -0.39 is 0 Å². The zero-order chi connectivity index (χ0) is 17.4. The lowest BCUT2D eigenvalue weighted by Crippen LogP contribution is -2.36. The van der Waals surface area contributed by atoms with Gasteiger partial charge in [-0.15, -0.1) is 11.3 Å². The van der Waals surface area contributed by atoms with Gasteiger partial charge in [-0.3, -0.25) is 0 Å². The van der Waals surface area contributed by atoms with E-state index in [1.165, 1.54) is 4.88 Å². The molecule has 0 amide bonds. The number of rotatable bonds is 7. The lowest BCUT2D eigenvalue weighted by Gasteiger charge is -2.10. The zero-order valence-electron chi connectivity index (χ0n) is 14.8. The third-order valence-electron chi connectivity index (χ3n) is 3.45. The molecule has 0 atom stereocenters. The Morgan fingerprint density at radius 3 is 2.75 bits per heavy atom. The highest BCUT2D eigenvalue weighted by atomic mass is 32.1. The van der Waals surface area contributed by atoms with Gasteiger partial charge in [0.15, 0.2) is 5.96 Å². The van der Waals surface area contributed by atoms with Gasteiger partial charge >= 0.3 is 0 Å². The summed E-state index contributed by atoms with van der Waals surface area (Å²) in [6, 6.07) is 8.05. The van der Waals surface area contributed by atoms with E-state index in [-0.39, 0.29) is 0 Å². The van der Waals surface area contributed by atoms with E-state index in [1.54, 1.807) is 11.3 Å². The molecule has 0 fully saturated rings. The van der Waals surface area contributed by atoms with E-state index in [4.69, 9.17) is 4.74 Å². The predicted octanol–water partition coefficient (Wildman–Crippen LogP) is 3.41. The molecule has 0 saturated carbocycles. The van der Waals surface area contributed by atoms with Crippen molar-refractivity contribution in [2.45, 2.75) is 40.8 Å². The first kappa shape index (κ1) is 18.3. The third kappa shape index (κ3) is 5.53. The molecule has 0 aliphatic heterocycles. The van der Waals surface area contributed by atoms with E-state index in [1.807, 2.05) is 32.0 Å². The van der Waals surface area contributed by atoms with Crippen LogP contribution in [0.4, 0.5) is 0 Å². The van der Waals surface area contributed by atoms with Gasteiger partial charge in [-0.1, -0.05) is 12.1 Å². The minimum Gasteiger partial charge on any atom is -0.494 e. The van der Waals surface area contributed by atoms with Crippen molar-refractivity contribution < 1.29 is 4.74 Å². The van der Waals surface area contributed by atoms with Crippen molar-refractivity contribution in [3.63, 3.8) is 0 Å². The van der Waals surface area contributed by atoms with E-state index in [9.17, 15) is 0 Å². The molecule has 1 aromatic carbocycles. The fourth-order valence-corrected chi connectivity index (χ4v) is 3.06. The number of aliphatic imine (C=N–C) groups is 1. The Balaban J connectivity index is 1.98. The number of benzene rings is 1. The standard InChI is InChI=1S/C18H26N4OS/c1-5-19-18(21-12-17-22-13(3)14(4)24-17)20-11-15-8-7-9-16(10-15)23-6-2/h7-10H,5-6,11-12H2,1-4H3,(H2,19,20,21). The summed E-state index contributed by atoms with van der Waals surface area (Å²) in [7, 11) is 0. The van der Waals surface area contributed by atoms with Gasteiger partial charge in [-0.2, -0.15) is 0 Å². The van der Waals surface area contributed by atoms with Crippen molar-refractivity contribution in [1.29, 1.82) is 0 Å². The van der Waals surface area contributed by atoms with Gasteiger partial charge < -0.3 is 15.4 Å². The van der Waals surface area contributed by atoms with Crippen LogP contribution in [0.2, 0.25) is 0 Å². The largest absolute Gasteiger partial charge is 0.494 e. The predicted molar refractivity (Wildman–Crippen MR) is 101 cm³/mol. The highest BCUT2D eigenvalue weighted by Crippen LogP contribution is 2.16. The summed E-state index contributed by atoms with van der Waals surface area (Å²) in [6.07, 6.45) is 0. The number of hydrogen-bond donors (Lipinski definition) is 2. The minimum atomic E-state index is 0.603. The molecule has 0 spiro atoms. The van der Waals surface area contributed by atoms with Crippen LogP contribution in [0, 0.1) is 13.8 Å². The van der Waals surface area contributed by atoms with Crippen LogP contribution in [0.25, 0.3) is 0 Å². The number of nitrogens with zero attached hydrogens (tertiary/aromatic N) is 2. The SMILES string of the molecule is CCNC(=NCc1cccc(OCC)c1)NCc1nc(C)c(C)s1. The second-order valence-corrected chi connectivity index (χ2v) is 6.67. The van der Waals surface area contributed by atoms with E-state index in [0.717, 1.165) is 34.5 Å². The molecule has 130 valence electrons. The van der Waals surface area contributed by atoms with Gasteiger partial charge in [-0.25, -0.2) is 9.98 Å². The Kier molecular flexibility index (Phi) is 7.06. The van der Waals surface area contributed by atoms with Crippen molar-refractivity contribution in [2.75, 3.05) is 13.2 Å². The molecule has 0 radical (unpaired) electrons. The smallest absolute Gasteiger partial charge is 0.191 e. The Bertz CT molecular complexity index is 662. The summed E-state index contributed by atoms with van der Waals surface area (Å²) in [4.78, 5) is 10.5. The summed E-state index contributed by atoms with van der Waals surface area (Å²) >= 11 is 1.72. The minimum absolute atomic E-state index is 0.603. The Labute approximate surface area is 148 Å². The molecule has 5 nitrogen and oxygen atoms in total. The second-order valence-electron chi connectivity index (χ2n) is 5.38. The van der Waals surface area contributed by atoms with Gasteiger partial charge in [0.25, 0.3) is 0 Å². The summed E-state index contributed by atoms with van der Waals surface area (Å²) in [5.41, 5.74) is 2.23. The summed E-state index contributed by atoms with van der Waals surface area (Å²) in [5, 5.41) is 7.69. The van der Waals surface area contributed by atoms with Crippen LogP contribution < -0.4 is 15.4 Å². The first-order valence-corrected chi connectivity index (χ1v) is 9.10. The molecule has 2 rings (SSSR count). The summed E-state index contributed by atoms with van der Waals surface area (Å²) in [5.74, 6) is 1.68. The topological polar surface area (TPSA) is 58.5 Å².